The van der Waals surface area contributed by atoms with Gasteiger partial charge in [0.2, 0.25) is 0 Å². The maximum Gasteiger partial charge on any atom is 0.123 e. The van der Waals surface area contributed by atoms with Crippen LogP contribution in [0.3, 0.4) is 0 Å². The molecule has 1 N–H and O–H groups in total. The van der Waals surface area contributed by atoms with Crippen molar-refractivity contribution in [3.8, 4) is 5.75 Å². The molecular weight excluding hydrogens is 329 g/mol. The van der Waals surface area contributed by atoms with E-state index < -0.39 is 0 Å². The topological polar surface area (TPSA) is 41.1 Å². The standard InChI is InChI=1S/C21H22FN3O/c1-26-18-8-2-15(3-9-18)12-25-13-19(16-4-6-17(22)7-5-16)20(14-25)21-10-11-23-24-21/h2-11,19-20H,12-14H2,1H3,(H,23,24)/t19-,20+/m0/s1. The van der Waals surface area contributed by atoms with Crippen molar-refractivity contribution >= 4 is 0 Å². The molecule has 3 aromatic rings. The van der Waals surface area contributed by atoms with Crippen LogP contribution in [0.5, 0.6) is 5.75 Å². The summed E-state index contributed by atoms with van der Waals surface area (Å²) in [4.78, 5) is 2.45. The number of nitrogens with one attached hydrogen (secondary N) is 1. The molecule has 4 rings (SSSR count). The van der Waals surface area contributed by atoms with Crippen LogP contribution in [0.4, 0.5) is 4.39 Å². The molecule has 0 bridgehead atoms. The van der Waals surface area contributed by atoms with Gasteiger partial charge in [0.1, 0.15) is 11.6 Å². The number of nitrogens with zero attached hydrogens (tertiary/aromatic N) is 2. The number of aromatic nitrogens is 2. The zero-order chi connectivity index (χ0) is 17.9. The average Bonchev–Trinajstić information content (AvgIpc) is 3.33. The second-order valence-corrected chi connectivity index (χ2v) is 6.82. The third-order valence-corrected chi connectivity index (χ3v) is 5.18. The Bertz CT molecular complexity index is 831. The third-order valence-electron chi connectivity index (χ3n) is 5.18. The number of methoxy groups -OCH3 is 1. The van der Waals surface area contributed by atoms with Crippen molar-refractivity contribution in [2.24, 2.45) is 0 Å². The van der Waals surface area contributed by atoms with Crippen LogP contribution in [0.25, 0.3) is 0 Å². The highest BCUT2D eigenvalue weighted by Gasteiger charge is 2.35. The highest BCUT2D eigenvalue weighted by molar-refractivity contribution is 5.30. The molecule has 1 fully saturated rings. The summed E-state index contributed by atoms with van der Waals surface area (Å²) < 4.78 is 18.6. The minimum Gasteiger partial charge on any atom is -0.497 e. The fraction of sp³-hybridized carbons (Fsp3) is 0.286. The number of H-pyrrole nitrogens is 1. The van der Waals surface area contributed by atoms with Gasteiger partial charge in [0.05, 0.1) is 7.11 Å². The molecule has 5 heteroatoms. The molecule has 4 nitrogen and oxygen atoms in total. The molecule has 0 unspecified atom stereocenters. The van der Waals surface area contributed by atoms with Gasteiger partial charge in [0.25, 0.3) is 0 Å². The summed E-state index contributed by atoms with van der Waals surface area (Å²) >= 11 is 0. The largest absolute Gasteiger partial charge is 0.497 e. The lowest BCUT2D eigenvalue weighted by atomic mass is 9.87. The van der Waals surface area contributed by atoms with Gasteiger partial charge in [0.15, 0.2) is 0 Å². The van der Waals surface area contributed by atoms with E-state index in [1.807, 2.05) is 30.3 Å². The van der Waals surface area contributed by atoms with Crippen molar-refractivity contribution in [1.82, 2.24) is 15.1 Å². The highest BCUT2D eigenvalue weighted by atomic mass is 19.1. The number of benzene rings is 2. The summed E-state index contributed by atoms with van der Waals surface area (Å²) in [7, 11) is 1.68. The molecule has 0 spiro atoms. The lowest BCUT2D eigenvalue weighted by Crippen LogP contribution is -2.20. The van der Waals surface area contributed by atoms with E-state index >= 15 is 0 Å². The van der Waals surface area contributed by atoms with Gasteiger partial charge in [-0.25, -0.2) is 4.39 Å². The summed E-state index contributed by atoms with van der Waals surface area (Å²) in [5.74, 6) is 1.31. The van der Waals surface area contributed by atoms with Crippen molar-refractivity contribution in [1.29, 1.82) is 0 Å². The number of halogens is 1. The van der Waals surface area contributed by atoms with E-state index in [0.29, 0.717) is 11.8 Å². The van der Waals surface area contributed by atoms with Crippen molar-refractivity contribution in [2.75, 3.05) is 20.2 Å². The van der Waals surface area contributed by atoms with Crippen LogP contribution in [-0.4, -0.2) is 35.3 Å². The Balaban J connectivity index is 1.55. The number of hydrogen-bond acceptors (Lipinski definition) is 3. The molecule has 0 aliphatic carbocycles. The molecule has 1 aliphatic rings. The second kappa shape index (κ2) is 7.30. The van der Waals surface area contributed by atoms with E-state index in [2.05, 4.69) is 27.2 Å². The van der Waals surface area contributed by atoms with E-state index in [1.165, 1.54) is 11.1 Å². The molecule has 1 saturated heterocycles. The molecule has 2 aromatic carbocycles. The van der Waals surface area contributed by atoms with Gasteiger partial charge in [-0.05, 0) is 41.5 Å². The van der Waals surface area contributed by atoms with E-state index in [9.17, 15) is 4.39 Å². The monoisotopic (exact) mass is 351 g/mol. The lowest BCUT2D eigenvalue weighted by molar-refractivity contribution is 0.323. The van der Waals surface area contributed by atoms with Crippen LogP contribution >= 0.6 is 0 Å². The predicted octanol–water partition coefficient (Wildman–Crippen LogP) is 3.94. The van der Waals surface area contributed by atoms with Gasteiger partial charge in [-0.15, -0.1) is 0 Å². The van der Waals surface area contributed by atoms with Crippen molar-refractivity contribution in [3.05, 3.63) is 83.4 Å². The van der Waals surface area contributed by atoms with Gasteiger partial charge in [-0.1, -0.05) is 24.3 Å². The molecule has 2 atom stereocenters. The first kappa shape index (κ1) is 16.8. The number of aromatic amines is 1. The highest BCUT2D eigenvalue weighted by Crippen LogP contribution is 2.39. The summed E-state index contributed by atoms with van der Waals surface area (Å²) in [5.41, 5.74) is 3.56. The SMILES string of the molecule is COc1ccc(CN2C[C@@H](c3ccc(F)cc3)[C@H](c3ccn[nH]3)C2)cc1. The van der Waals surface area contributed by atoms with Gasteiger partial charge >= 0.3 is 0 Å². The smallest absolute Gasteiger partial charge is 0.123 e. The van der Waals surface area contributed by atoms with Crippen molar-refractivity contribution in [3.63, 3.8) is 0 Å². The van der Waals surface area contributed by atoms with Crippen molar-refractivity contribution < 1.29 is 9.13 Å². The van der Waals surface area contributed by atoms with Crippen LogP contribution in [0.1, 0.15) is 28.7 Å². The number of rotatable bonds is 5. The van der Waals surface area contributed by atoms with Crippen LogP contribution in [0, 0.1) is 5.82 Å². The molecule has 134 valence electrons. The molecule has 1 aliphatic heterocycles. The van der Waals surface area contributed by atoms with E-state index in [4.69, 9.17) is 4.74 Å². The number of hydrogen-bond donors (Lipinski definition) is 1. The van der Waals surface area contributed by atoms with Gasteiger partial charge in [-0.3, -0.25) is 10.00 Å². The van der Waals surface area contributed by atoms with Gasteiger partial charge in [-0.2, -0.15) is 5.10 Å². The molecule has 1 aromatic heterocycles. The first-order valence-electron chi connectivity index (χ1n) is 8.83. The molecular formula is C21H22FN3O. The number of likely N-dealkylation sites (tertiary alicyclic amines) is 1. The minimum absolute atomic E-state index is 0.195. The van der Waals surface area contributed by atoms with Gasteiger partial charge < -0.3 is 4.74 Å². The Morgan fingerprint density at radius 2 is 1.77 bits per heavy atom. The normalized spacial score (nSPS) is 20.4. The van der Waals surface area contributed by atoms with Crippen LogP contribution in [0.15, 0.2) is 60.8 Å². The zero-order valence-electron chi connectivity index (χ0n) is 14.7. The molecule has 0 radical (unpaired) electrons. The summed E-state index contributed by atoms with van der Waals surface area (Å²) in [5, 5.41) is 7.24. The molecule has 0 amide bonds. The number of ether oxygens (including phenoxy) is 1. The van der Waals surface area contributed by atoms with Crippen LogP contribution in [-0.2, 0) is 6.54 Å². The Labute approximate surface area is 152 Å². The Kier molecular flexibility index (Phi) is 4.71. The fourth-order valence-corrected chi connectivity index (χ4v) is 3.84. The lowest BCUT2D eigenvalue weighted by Gasteiger charge is -2.17. The maximum absolute atomic E-state index is 13.3. The first-order chi connectivity index (χ1) is 12.7. The quantitative estimate of drug-likeness (QED) is 0.757. The minimum atomic E-state index is -0.195. The average molecular weight is 351 g/mol. The Morgan fingerprint density at radius 1 is 1.04 bits per heavy atom. The summed E-state index contributed by atoms with van der Waals surface area (Å²) in [6.07, 6.45) is 1.79. The van der Waals surface area contributed by atoms with Crippen LogP contribution < -0.4 is 4.74 Å². The molecule has 0 saturated carbocycles. The maximum atomic E-state index is 13.3. The first-order valence-corrected chi connectivity index (χ1v) is 8.83. The van der Waals surface area contributed by atoms with Gasteiger partial charge in [0, 0.05) is 43.4 Å². The predicted molar refractivity (Wildman–Crippen MR) is 98.7 cm³/mol. The van der Waals surface area contributed by atoms with E-state index in [0.717, 1.165) is 31.1 Å². The molecule has 2 heterocycles. The summed E-state index contributed by atoms with van der Waals surface area (Å²) in [6, 6.07) is 17.1. The third kappa shape index (κ3) is 3.48. The Hall–Kier alpha value is -2.66. The summed E-state index contributed by atoms with van der Waals surface area (Å²) in [6.45, 7) is 2.75. The van der Waals surface area contributed by atoms with Crippen molar-refractivity contribution in [2.45, 2.75) is 18.4 Å². The van der Waals surface area contributed by atoms with E-state index in [1.54, 1.807) is 25.4 Å². The Morgan fingerprint density at radius 3 is 2.42 bits per heavy atom. The fourth-order valence-electron chi connectivity index (χ4n) is 3.84. The second-order valence-electron chi connectivity index (χ2n) is 6.82. The zero-order valence-corrected chi connectivity index (χ0v) is 14.7. The molecule has 26 heavy (non-hydrogen) atoms. The van der Waals surface area contributed by atoms with Crippen LogP contribution in [0.2, 0.25) is 0 Å². The van der Waals surface area contributed by atoms with E-state index in [-0.39, 0.29) is 5.82 Å².